The van der Waals surface area contributed by atoms with Gasteiger partial charge >= 0.3 is 0 Å². The lowest BCUT2D eigenvalue weighted by molar-refractivity contribution is -0.132. The van der Waals surface area contributed by atoms with Crippen molar-refractivity contribution in [3.05, 3.63) is 35.9 Å². The van der Waals surface area contributed by atoms with Crippen molar-refractivity contribution in [3.8, 4) is 0 Å². The minimum absolute atomic E-state index is 0.0243. The maximum atomic E-state index is 12.6. The molecule has 116 valence electrons. The summed E-state index contributed by atoms with van der Waals surface area (Å²) in [4.78, 5) is 14.3. The molecule has 0 spiro atoms. The van der Waals surface area contributed by atoms with Crippen molar-refractivity contribution in [2.24, 2.45) is 0 Å². The Balaban J connectivity index is 2.30. The molecule has 1 aliphatic heterocycles. The second-order valence-electron chi connectivity index (χ2n) is 5.77. The van der Waals surface area contributed by atoms with E-state index >= 15 is 0 Å². The second kappa shape index (κ2) is 5.77. The fourth-order valence-electron chi connectivity index (χ4n) is 2.52. The van der Waals surface area contributed by atoms with Gasteiger partial charge in [0.15, 0.2) is 0 Å². The highest BCUT2D eigenvalue weighted by Gasteiger charge is 2.47. The molecule has 1 aromatic carbocycles. The molecule has 1 aromatic rings. The Hall–Kier alpha value is -1.40. The first-order valence-corrected chi connectivity index (χ1v) is 9.14. The first-order chi connectivity index (χ1) is 9.77. The molecule has 2 atom stereocenters. The van der Waals surface area contributed by atoms with Crippen LogP contribution >= 0.6 is 0 Å². The van der Waals surface area contributed by atoms with Gasteiger partial charge in [-0.1, -0.05) is 37.3 Å². The van der Waals surface area contributed by atoms with E-state index < -0.39 is 15.4 Å². The number of carbonyl (C=O) groups excluding carboxylic acids is 1. The molecular formula is C15H22N2O3S. The number of hydrogen-bond donors (Lipinski definition) is 1. The van der Waals surface area contributed by atoms with Gasteiger partial charge in [0.2, 0.25) is 5.91 Å². The van der Waals surface area contributed by atoms with Crippen LogP contribution in [-0.4, -0.2) is 43.3 Å². The molecule has 2 unspecified atom stereocenters. The van der Waals surface area contributed by atoms with Gasteiger partial charge in [0.1, 0.15) is 16.0 Å². The van der Waals surface area contributed by atoms with Crippen LogP contribution in [0, 0.1) is 0 Å². The van der Waals surface area contributed by atoms with Crippen LogP contribution in [0.3, 0.4) is 0 Å². The Kier molecular flexibility index (Phi) is 4.39. The summed E-state index contributed by atoms with van der Waals surface area (Å²) in [5.41, 5.74) is 0.328. The second-order valence-corrected chi connectivity index (χ2v) is 8.03. The van der Waals surface area contributed by atoms with Crippen LogP contribution in [-0.2, 0) is 14.6 Å². The zero-order chi connectivity index (χ0) is 15.7. The molecule has 21 heavy (non-hydrogen) atoms. The van der Waals surface area contributed by atoms with Gasteiger partial charge in [0.05, 0.1) is 11.3 Å². The summed E-state index contributed by atoms with van der Waals surface area (Å²) >= 11 is 0. The molecule has 1 fully saturated rings. The maximum Gasteiger partial charge on any atom is 0.244 e. The van der Waals surface area contributed by atoms with Gasteiger partial charge in [-0.2, -0.15) is 0 Å². The van der Waals surface area contributed by atoms with E-state index in [2.05, 4.69) is 5.32 Å². The highest BCUT2D eigenvalue weighted by Crippen LogP contribution is 2.32. The monoisotopic (exact) mass is 310 g/mol. The lowest BCUT2D eigenvalue weighted by Crippen LogP contribution is -2.43. The quantitative estimate of drug-likeness (QED) is 0.891. The zero-order valence-electron chi connectivity index (χ0n) is 12.7. The Bertz CT molecular complexity index is 615. The third-order valence-corrected chi connectivity index (χ3v) is 4.95. The molecular weight excluding hydrogens is 288 g/mol. The molecule has 0 radical (unpaired) electrons. The molecule has 1 aliphatic rings. The summed E-state index contributed by atoms with van der Waals surface area (Å²) in [6.45, 7) is 4.03. The predicted molar refractivity (Wildman–Crippen MR) is 82.4 cm³/mol. The number of nitrogens with zero attached hydrogens (tertiary/aromatic N) is 1. The van der Waals surface area contributed by atoms with Crippen LogP contribution < -0.4 is 5.32 Å². The van der Waals surface area contributed by atoms with Gasteiger partial charge in [-0.25, -0.2) is 8.42 Å². The van der Waals surface area contributed by atoms with Crippen LogP contribution in [0.2, 0.25) is 0 Å². The lowest BCUT2D eigenvalue weighted by Gasteiger charge is -2.24. The smallest absolute Gasteiger partial charge is 0.244 e. The van der Waals surface area contributed by atoms with Crippen molar-refractivity contribution in [1.82, 2.24) is 10.2 Å². The van der Waals surface area contributed by atoms with E-state index in [1.165, 1.54) is 6.26 Å². The van der Waals surface area contributed by atoms with Crippen molar-refractivity contribution < 1.29 is 13.2 Å². The van der Waals surface area contributed by atoms with Crippen molar-refractivity contribution in [2.75, 3.05) is 18.6 Å². The molecule has 0 aromatic heterocycles. The molecule has 6 heteroatoms. The highest BCUT2D eigenvalue weighted by molar-refractivity contribution is 7.90. The average Bonchev–Trinajstić information content (AvgIpc) is 2.70. The maximum absolute atomic E-state index is 12.6. The highest BCUT2D eigenvalue weighted by atomic mass is 32.2. The summed E-state index contributed by atoms with van der Waals surface area (Å²) in [6.07, 6.45) is 1.58. The summed E-state index contributed by atoms with van der Waals surface area (Å²) in [5.74, 6) is -0.0636. The van der Waals surface area contributed by atoms with Crippen LogP contribution in [0.4, 0.5) is 0 Å². The predicted octanol–water partition coefficient (Wildman–Crippen LogP) is 1.33. The Morgan fingerprint density at radius 1 is 1.29 bits per heavy atom. The number of rotatable bonds is 5. The van der Waals surface area contributed by atoms with Crippen LogP contribution in [0.1, 0.15) is 32.0 Å². The van der Waals surface area contributed by atoms with E-state index in [0.717, 1.165) is 5.56 Å². The van der Waals surface area contributed by atoms with Gasteiger partial charge in [0, 0.05) is 12.8 Å². The molecule has 0 saturated carbocycles. The van der Waals surface area contributed by atoms with Crippen molar-refractivity contribution in [1.29, 1.82) is 0 Å². The van der Waals surface area contributed by atoms with Crippen LogP contribution in [0.25, 0.3) is 0 Å². The summed E-state index contributed by atoms with van der Waals surface area (Å²) in [7, 11) is -3.11. The summed E-state index contributed by atoms with van der Waals surface area (Å²) in [6, 6.07) is 9.63. The number of sulfone groups is 1. The molecule has 1 heterocycles. The van der Waals surface area contributed by atoms with Crippen LogP contribution in [0.15, 0.2) is 30.3 Å². The molecule has 1 N–H and O–H groups in total. The normalized spacial score (nSPS) is 26.3. The minimum Gasteiger partial charge on any atom is -0.320 e. The van der Waals surface area contributed by atoms with Gasteiger partial charge in [-0.05, 0) is 18.9 Å². The van der Waals surface area contributed by atoms with Gasteiger partial charge < -0.3 is 4.90 Å². The SMILES string of the molecule is CCC1(C)NC(c2ccccc2)N(CCS(C)(=O)=O)C1=O. The third kappa shape index (κ3) is 3.44. The van der Waals surface area contributed by atoms with Gasteiger partial charge in [-0.3, -0.25) is 10.1 Å². The van der Waals surface area contributed by atoms with Gasteiger partial charge in [0.25, 0.3) is 0 Å². The van der Waals surface area contributed by atoms with Crippen molar-refractivity contribution >= 4 is 15.7 Å². The lowest BCUT2D eigenvalue weighted by atomic mass is 9.99. The molecule has 0 aliphatic carbocycles. The summed E-state index contributed by atoms with van der Waals surface area (Å²) < 4.78 is 22.8. The Morgan fingerprint density at radius 3 is 2.43 bits per heavy atom. The Labute approximate surface area is 126 Å². The van der Waals surface area contributed by atoms with E-state index in [4.69, 9.17) is 0 Å². The fraction of sp³-hybridized carbons (Fsp3) is 0.533. The third-order valence-electron chi connectivity index (χ3n) is 4.03. The number of nitrogens with one attached hydrogen (secondary N) is 1. The molecule has 1 saturated heterocycles. The van der Waals surface area contributed by atoms with E-state index in [1.807, 2.05) is 44.2 Å². The van der Waals surface area contributed by atoms with E-state index in [1.54, 1.807) is 4.90 Å². The van der Waals surface area contributed by atoms with E-state index in [-0.39, 0.29) is 24.4 Å². The molecule has 1 amide bonds. The number of carbonyl (C=O) groups is 1. The van der Waals surface area contributed by atoms with Crippen LogP contribution in [0.5, 0.6) is 0 Å². The first kappa shape index (κ1) is 16.0. The van der Waals surface area contributed by atoms with Crippen molar-refractivity contribution in [2.45, 2.75) is 32.0 Å². The molecule has 5 nitrogen and oxygen atoms in total. The molecule has 0 bridgehead atoms. The van der Waals surface area contributed by atoms with Gasteiger partial charge in [-0.15, -0.1) is 0 Å². The minimum atomic E-state index is -3.11. The number of amides is 1. The van der Waals surface area contributed by atoms with E-state index in [0.29, 0.717) is 6.42 Å². The number of hydrogen-bond acceptors (Lipinski definition) is 4. The fourth-order valence-corrected chi connectivity index (χ4v) is 3.05. The summed E-state index contributed by atoms with van der Waals surface area (Å²) in [5, 5.41) is 3.35. The standard InChI is InChI=1S/C15H22N2O3S/c1-4-15(2)14(18)17(10-11-21(3,19)20)13(16-15)12-8-6-5-7-9-12/h5-9,13,16H,4,10-11H2,1-3H3. The first-order valence-electron chi connectivity index (χ1n) is 7.08. The zero-order valence-corrected chi connectivity index (χ0v) is 13.5. The topological polar surface area (TPSA) is 66.5 Å². The largest absolute Gasteiger partial charge is 0.320 e. The van der Waals surface area contributed by atoms with E-state index in [9.17, 15) is 13.2 Å². The molecule has 2 rings (SSSR count). The number of benzene rings is 1. The van der Waals surface area contributed by atoms with Crippen molar-refractivity contribution in [3.63, 3.8) is 0 Å². The average molecular weight is 310 g/mol. The Morgan fingerprint density at radius 2 is 1.90 bits per heavy atom.